The maximum Gasteiger partial charge on any atom is 0.257 e. The highest BCUT2D eigenvalue weighted by Gasteiger charge is 2.12. The summed E-state index contributed by atoms with van der Waals surface area (Å²) in [5.74, 6) is -0.324. The van der Waals surface area contributed by atoms with Crippen molar-refractivity contribution in [3.8, 4) is 0 Å². The Balaban J connectivity index is 1.89. The number of thiocarbonyl (C=S) groups is 1. The molecule has 0 aliphatic heterocycles. The molecule has 1 atom stereocenters. The molecule has 23 heavy (non-hydrogen) atoms. The second-order valence-electron chi connectivity index (χ2n) is 5.00. The molecule has 1 amide bonds. The average Bonchev–Trinajstić information content (AvgIpc) is 2.55. The van der Waals surface area contributed by atoms with Gasteiger partial charge >= 0.3 is 0 Å². The van der Waals surface area contributed by atoms with Crippen molar-refractivity contribution in [2.75, 3.05) is 6.61 Å². The number of aliphatic hydroxyl groups is 1. The second kappa shape index (κ2) is 8.62. The predicted molar refractivity (Wildman–Crippen MR) is 95.7 cm³/mol. The van der Waals surface area contributed by atoms with Crippen LogP contribution in [0, 0.1) is 0 Å². The number of rotatable bonds is 5. The van der Waals surface area contributed by atoms with E-state index in [2.05, 4.69) is 10.6 Å². The second-order valence-corrected chi connectivity index (χ2v) is 5.85. The van der Waals surface area contributed by atoms with Gasteiger partial charge in [-0.3, -0.25) is 10.1 Å². The first-order chi connectivity index (χ1) is 11.1. The zero-order chi connectivity index (χ0) is 16.7. The monoisotopic (exact) mass is 348 g/mol. The van der Waals surface area contributed by atoms with E-state index in [1.54, 1.807) is 24.3 Å². The number of benzene rings is 2. The first-order valence-corrected chi connectivity index (χ1v) is 7.89. The number of aliphatic hydroxyl groups excluding tert-OH is 1. The van der Waals surface area contributed by atoms with Gasteiger partial charge in [-0.05, 0) is 48.5 Å². The van der Waals surface area contributed by atoms with Gasteiger partial charge in [-0.25, -0.2) is 0 Å². The summed E-state index contributed by atoms with van der Waals surface area (Å²) in [5, 5.41) is 15.8. The van der Waals surface area contributed by atoms with Crippen molar-refractivity contribution >= 4 is 34.8 Å². The van der Waals surface area contributed by atoms with Gasteiger partial charge in [0.2, 0.25) is 0 Å². The number of hydrogen-bond acceptors (Lipinski definition) is 3. The Morgan fingerprint density at radius 3 is 2.39 bits per heavy atom. The molecular weight excluding hydrogens is 332 g/mol. The molecule has 2 aromatic carbocycles. The molecule has 3 N–H and O–H groups in total. The van der Waals surface area contributed by atoms with Gasteiger partial charge in [0.1, 0.15) is 0 Å². The topological polar surface area (TPSA) is 61.4 Å². The minimum atomic E-state index is -0.324. The molecule has 0 fully saturated rings. The van der Waals surface area contributed by atoms with Crippen LogP contribution in [0.15, 0.2) is 54.6 Å². The van der Waals surface area contributed by atoms with Crippen LogP contribution in [0.1, 0.15) is 15.9 Å². The molecule has 0 saturated heterocycles. The standard InChI is InChI=1S/C17H17ClN2O2S/c18-14-8-6-13(7-9-14)16(22)20-17(23)19-15(11-21)10-12-4-2-1-3-5-12/h1-9,15,21H,10-11H2,(H2,19,20,22,23)/t15-/m0/s1. The SMILES string of the molecule is O=C(NC(=S)N[C@H](CO)Cc1ccccc1)c1ccc(Cl)cc1. The number of carbonyl (C=O) groups is 1. The van der Waals surface area contributed by atoms with Crippen molar-refractivity contribution in [2.45, 2.75) is 12.5 Å². The summed E-state index contributed by atoms with van der Waals surface area (Å²) in [6.45, 7) is -0.0914. The predicted octanol–water partition coefficient (Wildman–Crippen LogP) is 2.55. The molecule has 2 aromatic rings. The summed E-state index contributed by atoms with van der Waals surface area (Å²) in [6.07, 6.45) is 0.605. The van der Waals surface area contributed by atoms with E-state index in [0.717, 1.165) is 5.56 Å². The zero-order valence-electron chi connectivity index (χ0n) is 12.3. The number of halogens is 1. The minimum absolute atomic E-state index is 0.0914. The molecule has 4 nitrogen and oxygen atoms in total. The fraction of sp³-hybridized carbons (Fsp3) is 0.176. The smallest absolute Gasteiger partial charge is 0.257 e. The van der Waals surface area contributed by atoms with Crippen LogP contribution in [0.4, 0.5) is 0 Å². The Labute approximate surface area is 145 Å². The van der Waals surface area contributed by atoms with Crippen LogP contribution in [0.2, 0.25) is 5.02 Å². The van der Waals surface area contributed by atoms with E-state index in [9.17, 15) is 9.90 Å². The Bertz CT molecular complexity index is 662. The highest BCUT2D eigenvalue weighted by atomic mass is 35.5. The van der Waals surface area contributed by atoms with Crippen LogP contribution in [0.3, 0.4) is 0 Å². The molecule has 0 aliphatic carbocycles. The number of carbonyl (C=O) groups excluding carboxylic acids is 1. The molecular formula is C17H17ClN2O2S. The third kappa shape index (κ3) is 5.63. The van der Waals surface area contributed by atoms with E-state index >= 15 is 0 Å². The molecule has 6 heteroatoms. The third-order valence-corrected chi connectivity index (χ3v) is 3.69. The Morgan fingerprint density at radius 1 is 1.13 bits per heavy atom. The fourth-order valence-electron chi connectivity index (χ4n) is 2.06. The van der Waals surface area contributed by atoms with Crippen LogP contribution in [0.5, 0.6) is 0 Å². The van der Waals surface area contributed by atoms with Gasteiger partial charge in [0.15, 0.2) is 5.11 Å². The molecule has 0 aliphatic rings. The normalized spacial score (nSPS) is 11.6. The summed E-state index contributed by atoms with van der Waals surface area (Å²) >= 11 is 10.9. The van der Waals surface area contributed by atoms with Crippen molar-refractivity contribution in [1.82, 2.24) is 10.6 Å². The van der Waals surface area contributed by atoms with Crippen LogP contribution in [0.25, 0.3) is 0 Å². The summed E-state index contributed by atoms with van der Waals surface area (Å²) < 4.78 is 0. The van der Waals surface area contributed by atoms with E-state index in [0.29, 0.717) is 17.0 Å². The van der Waals surface area contributed by atoms with E-state index < -0.39 is 0 Å². The lowest BCUT2D eigenvalue weighted by Crippen LogP contribution is -2.46. The first kappa shape index (κ1) is 17.4. The molecule has 0 heterocycles. The van der Waals surface area contributed by atoms with E-state index in [1.807, 2.05) is 30.3 Å². The van der Waals surface area contributed by atoms with Crippen LogP contribution >= 0.6 is 23.8 Å². The lowest BCUT2D eigenvalue weighted by molar-refractivity contribution is 0.0976. The van der Waals surface area contributed by atoms with Gasteiger partial charge in [0.25, 0.3) is 5.91 Å². The maximum absolute atomic E-state index is 12.1. The van der Waals surface area contributed by atoms with Gasteiger partial charge in [-0.2, -0.15) is 0 Å². The van der Waals surface area contributed by atoms with Gasteiger partial charge in [0.05, 0.1) is 12.6 Å². The van der Waals surface area contributed by atoms with Gasteiger partial charge in [0, 0.05) is 10.6 Å². The summed E-state index contributed by atoms with van der Waals surface area (Å²) in [7, 11) is 0. The highest BCUT2D eigenvalue weighted by Crippen LogP contribution is 2.09. The van der Waals surface area contributed by atoms with Crippen molar-refractivity contribution in [3.63, 3.8) is 0 Å². The van der Waals surface area contributed by atoms with E-state index in [4.69, 9.17) is 23.8 Å². The minimum Gasteiger partial charge on any atom is -0.394 e. The molecule has 0 aromatic heterocycles. The van der Waals surface area contributed by atoms with Crippen LogP contribution < -0.4 is 10.6 Å². The van der Waals surface area contributed by atoms with Crippen molar-refractivity contribution in [1.29, 1.82) is 0 Å². The lowest BCUT2D eigenvalue weighted by Gasteiger charge is -2.18. The quantitative estimate of drug-likeness (QED) is 0.727. The van der Waals surface area contributed by atoms with Crippen LogP contribution in [-0.4, -0.2) is 28.8 Å². The molecule has 0 unspecified atom stereocenters. The molecule has 0 bridgehead atoms. The highest BCUT2D eigenvalue weighted by molar-refractivity contribution is 7.80. The van der Waals surface area contributed by atoms with Crippen molar-refractivity contribution in [2.24, 2.45) is 0 Å². The molecule has 2 rings (SSSR count). The lowest BCUT2D eigenvalue weighted by atomic mass is 10.1. The number of amides is 1. The average molecular weight is 349 g/mol. The third-order valence-electron chi connectivity index (χ3n) is 3.21. The maximum atomic E-state index is 12.1. The summed E-state index contributed by atoms with van der Waals surface area (Å²) in [6, 6.07) is 16.0. The number of nitrogens with one attached hydrogen (secondary N) is 2. The van der Waals surface area contributed by atoms with Gasteiger partial charge < -0.3 is 10.4 Å². The van der Waals surface area contributed by atoms with Crippen molar-refractivity contribution in [3.05, 3.63) is 70.7 Å². The fourth-order valence-corrected chi connectivity index (χ4v) is 2.44. The first-order valence-electron chi connectivity index (χ1n) is 7.10. The van der Waals surface area contributed by atoms with Gasteiger partial charge in [-0.1, -0.05) is 41.9 Å². The van der Waals surface area contributed by atoms with Crippen LogP contribution in [-0.2, 0) is 6.42 Å². The Morgan fingerprint density at radius 2 is 1.78 bits per heavy atom. The Hall–Kier alpha value is -1.95. The molecule has 0 radical (unpaired) electrons. The Kier molecular flexibility index (Phi) is 6.52. The summed E-state index contributed by atoms with van der Waals surface area (Å²) in [4.78, 5) is 12.1. The summed E-state index contributed by atoms with van der Waals surface area (Å²) in [5.41, 5.74) is 1.54. The van der Waals surface area contributed by atoms with E-state index in [-0.39, 0.29) is 23.7 Å². The molecule has 120 valence electrons. The van der Waals surface area contributed by atoms with Crippen molar-refractivity contribution < 1.29 is 9.90 Å². The van der Waals surface area contributed by atoms with E-state index in [1.165, 1.54) is 0 Å². The largest absolute Gasteiger partial charge is 0.394 e. The molecule has 0 spiro atoms. The van der Waals surface area contributed by atoms with Gasteiger partial charge in [-0.15, -0.1) is 0 Å². The number of hydrogen-bond donors (Lipinski definition) is 3. The zero-order valence-corrected chi connectivity index (χ0v) is 13.9. The molecule has 0 saturated carbocycles.